The first-order valence-corrected chi connectivity index (χ1v) is 9.61. The van der Waals surface area contributed by atoms with E-state index in [1.165, 1.54) is 42.8 Å². The second-order valence-corrected chi connectivity index (χ2v) is 7.00. The van der Waals surface area contributed by atoms with Crippen LogP contribution in [-0.4, -0.2) is 23.0 Å². The van der Waals surface area contributed by atoms with Crippen LogP contribution in [0.3, 0.4) is 0 Å². The second-order valence-electron chi connectivity index (χ2n) is 6.08. The molecule has 2 N–H and O–H groups in total. The Morgan fingerprint density at radius 1 is 1.06 bits per heavy atom. The molecular weight excluding hydrogens is 468 g/mol. The topological polar surface area (TPSA) is 127 Å². The van der Waals surface area contributed by atoms with Crippen LogP contribution in [0, 0.1) is 10.1 Å². The van der Waals surface area contributed by atoms with Crippen LogP contribution in [0.4, 0.5) is 5.69 Å². The number of nitro groups is 1. The third-order valence-corrected chi connectivity index (χ3v) is 4.44. The summed E-state index contributed by atoms with van der Waals surface area (Å²) in [5, 5.41) is 17.1. The highest BCUT2D eigenvalue weighted by molar-refractivity contribution is 9.10. The number of nitrogens with zero attached hydrogens (tertiary/aromatic N) is 2. The fourth-order valence-corrected chi connectivity index (χ4v) is 2.64. The molecule has 0 bridgehead atoms. The van der Waals surface area contributed by atoms with Crippen LogP contribution in [0.2, 0.25) is 0 Å². The van der Waals surface area contributed by atoms with Gasteiger partial charge in [0.1, 0.15) is 11.5 Å². The maximum absolute atomic E-state index is 12.6. The van der Waals surface area contributed by atoms with Crippen molar-refractivity contribution in [3.63, 3.8) is 0 Å². The molecule has 0 aliphatic rings. The molecule has 0 aliphatic carbocycles. The van der Waals surface area contributed by atoms with Crippen LogP contribution in [0.5, 0.6) is 0 Å². The number of hydrogen-bond acceptors (Lipinski definition) is 6. The number of hydrazone groups is 1. The summed E-state index contributed by atoms with van der Waals surface area (Å²) in [5.41, 5.74) is 3.08. The SMILES string of the molecule is O=C(N/N=C\c1ccc([N+](=O)[O-])cc1)/C(=C/c1ccco1)NC(=O)c1ccc(Br)cc1. The molecule has 0 saturated heterocycles. The third-order valence-electron chi connectivity index (χ3n) is 3.91. The number of carbonyl (C=O) groups is 2. The van der Waals surface area contributed by atoms with Crippen molar-refractivity contribution in [2.75, 3.05) is 0 Å². The van der Waals surface area contributed by atoms with Crippen LogP contribution in [-0.2, 0) is 4.79 Å². The minimum Gasteiger partial charge on any atom is -0.465 e. The van der Waals surface area contributed by atoms with Crippen molar-refractivity contribution in [3.05, 3.63) is 104 Å². The summed E-state index contributed by atoms with van der Waals surface area (Å²) in [7, 11) is 0. The van der Waals surface area contributed by atoms with Gasteiger partial charge < -0.3 is 9.73 Å². The summed E-state index contributed by atoms with van der Waals surface area (Å²) in [6.07, 6.45) is 4.13. The van der Waals surface area contributed by atoms with Crippen molar-refractivity contribution < 1.29 is 18.9 Å². The van der Waals surface area contributed by atoms with E-state index in [2.05, 4.69) is 31.8 Å². The molecule has 1 aromatic heterocycles. The predicted molar refractivity (Wildman–Crippen MR) is 117 cm³/mol. The van der Waals surface area contributed by atoms with E-state index in [1.54, 1.807) is 36.4 Å². The fourth-order valence-electron chi connectivity index (χ4n) is 2.38. The molecule has 10 heteroatoms. The lowest BCUT2D eigenvalue weighted by Crippen LogP contribution is -2.32. The molecule has 0 fully saturated rings. The summed E-state index contributed by atoms with van der Waals surface area (Å²) < 4.78 is 6.03. The highest BCUT2D eigenvalue weighted by atomic mass is 79.9. The van der Waals surface area contributed by atoms with Crippen molar-refractivity contribution in [2.45, 2.75) is 0 Å². The normalized spacial score (nSPS) is 11.3. The van der Waals surface area contributed by atoms with E-state index in [0.717, 1.165) is 4.47 Å². The summed E-state index contributed by atoms with van der Waals surface area (Å²) in [5.74, 6) is -0.805. The van der Waals surface area contributed by atoms with Gasteiger partial charge in [-0.2, -0.15) is 5.10 Å². The van der Waals surface area contributed by atoms with Crippen molar-refractivity contribution in [2.24, 2.45) is 5.10 Å². The second kappa shape index (κ2) is 10.1. The van der Waals surface area contributed by atoms with Gasteiger partial charge in [-0.25, -0.2) is 5.43 Å². The first kappa shape index (κ1) is 21.7. The maximum Gasteiger partial charge on any atom is 0.288 e. The van der Waals surface area contributed by atoms with Crippen molar-refractivity contribution in [3.8, 4) is 0 Å². The number of non-ortho nitro benzene ring substituents is 1. The van der Waals surface area contributed by atoms with Crippen LogP contribution in [0.25, 0.3) is 6.08 Å². The number of halogens is 1. The highest BCUT2D eigenvalue weighted by Gasteiger charge is 2.15. The Morgan fingerprint density at radius 2 is 1.77 bits per heavy atom. The minimum atomic E-state index is -0.681. The van der Waals surface area contributed by atoms with Gasteiger partial charge in [0.15, 0.2) is 0 Å². The van der Waals surface area contributed by atoms with Crippen molar-refractivity contribution in [1.29, 1.82) is 0 Å². The predicted octanol–water partition coefficient (Wildman–Crippen LogP) is 3.87. The molecule has 9 nitrogen and oxygen atoms in total. The van der Waals surface area contributed by atoms with E-state index >= 15 is 0 Å². The van der Waals surface area contributed by atoms with Gasteiger partial charge >= 0.3 is 0 Å². The zero-order valence-electron chi connectivity index (χ0n) is 15.8. The van der Waals surface area contributed by atoms with Gasteiger partial charge in [-0.05, 0) is 54.1 Å². The number of nitrogens with one attached hydrogen (secondary N) is 2. The van der Waals surface area contributed by atoms with E-state index in [0.29, 0.717) is 16.9 Å². The van der Waals surface area contributed by atoms with Crippen LogP contribution in [0.15, 0.2) is 86.6 Å². The molecular formula is C21H15BrN4O5. The third kappa shape index (κ3) is 6.21. The number of amides is 2. The van der Waals surface area contributed by atoms with Gasteiger partial charge in [0.2, 0.25) is 0 Å². The number of furan rings is 1. The molecule has 0 atom stereocenters. The van der Waals surface area contributed by atoms with E-state index in [-0.39, 0.29) is 11.4 Å². The molecule has 31 heavy (non-hydrogen) atoms. The van der Waals surface area contributed by atoms with Crippen LogP contribution >= 0.6 is 15.9 Å². The van der Waals surface area contributed by atoms with Crippen molar-refractivity contribution in [1.82, 2.24) is 10.7 Å². The monoisotopic (exact) mass is 482 g/mol. The summed E-state index contributed by atoms with van der Waals surface area (Å²) in [6, 6.07) is 15.5. The Morgan fingerprint density at radius 3 is 2.39 bits per heavy atom. The molecule has 0 unspecified atom stereocenters. The lowest BCUT2D eigenvalue weighted by Gasteiger charge is -2.08. The first-order valence-electron chi connectivity index (χ1n) is 8.82. The minimum absolute atomic E-state index is 0.0551. The molecule has 0 aliphatic heterocycles. The molecule has 2 aromatic carbocycles. The van der Waals surface area contributed by atoms with E-state index < -0.39 is 16.7 Å². The van der Waals surface area contributed by atoms with Crippen LogP contribution in [0.1, 0.15) is 21.7 Å². The quantitative estimate of drug-likeness (QED) is 0.228. The fraction of sp³-hybridized carbons (Fsp3) is 0. The Bertz CT molecular complexity index is 1140. The Balaban J connectivity index is 1.72. The standard InChI is InChI=1S/C21H15BrN4O5/c22-16-7-5-15(6-8-16)20(27)24-19(12-18-2-1-11-31-18)21(28)25-23-13-14-3-9-17(10-4-14)26(29)30/h1-13H,(H,24,27)(H,25,28)/b19-12-,23-13-. The maximum atomic E-state index is 12.6. The van der Waals surface area contributed by atoms with Gasteiger partial charge in [0.25, 0.3) is 17.5 Å². The Labute approximate surface area is 184 Å². The molecule has 3 rings (SSSR count). The van der Waals surface area contributed by atoms with Crippen LogP contribution < -0.4 is 10.7 Å². The van der Waals surface area contributed by atoms with Crippen molar-refractivity contribution >= 4 is 45.7 Å². The van der Waals surface area contributed by atoms with E-state index in [1.807, 2.05) is 0 Å². The van der Waals surface area contributed by atoms with E-state index in [9.17, 15) is 19.7 Å². The number of hydrogen-bond donors (Lipinski definition) is 2. The first-order chi connectivity index (χ1) is 14.9. The molecule has 1 heterocycles. The average Bonchev–Trinajstić information content (AvgIpc) is 3.27. The molecule has 0 spiro atoms. The van der Waals surface area contributed by atoms with Gasteiger partial charge in [0.05, 0.1) is 17.4 Å². The van der Waals surface area contributed by atoms with Gasteiger partial charge in [-0.3, -0.25) is 19.7 Å². The van der Waals surface area contributed by atoms with Gasteiger partial charge in [0, 0.05) is 28.2 Å². The smallest absolute Gasteiger partial charge is 0.288 e. The number of carbonyl (C=O) groups excluding carboxylic acids is 2. The van der Waals surface area contributed by atoms with E-state index in [4.69, 9.17) is 4.42 Å². The average molecular weight is 483 g/mol. The highest BCUT2D eigenvalue weighted by Crippen LogP contribution is 2.12. The zero-order valence-corrected chi connectivity index (χ0v) is 17.4. The number of rotatable bonds is 7. The Hall–Kier alpha value is -4.05. The van der Waals surface area contributed by atoms with Gasteiger partial charge in [-0.15, -0.1) is 0 Å². The molecule has 0 saturated carbocycles. The number of benzene rings is 2. The molecule has 156 valence electrons. The summed E-state index contributed by atoms with van der Waals surface area (Å²) in [6.45, 7) is 0. The lowest BCUT2D eigenvalue weighted by molar-refractivity contribution is -0.384. The Kier molecular flexibility index (Phi) is 7.07. The molecule has 2 amide bonds. The van der Waals surface area contributed by atoms with Gasteiger partial charge in [-0.1, -0.05) is 15.9 Å². The lowest BCUT2D eigenvalue weighted by atomic mass is 10.2. The number of nitro benzene ring substituents is 1. The largest absolute Gasteiger partial charge is 0.465 e. The molecule has 3 aromatic rings. The molecule has 0 radical (unpaired) electrons. The zero-order chi connectivity index (χ0) is 22.2. The summed E-state index contributed by atoms with van der Waals surface area (Å²) >= 11 is 3.30. The summed E-state index contributed by atoms with van der Waals surface area (Å²) in [4.78, 5) is 35.3.